The Balaban J connectivity index is 1.81. The quantitative estimate of drug-likeness (QED) is 0.282. The zero-order valence-corrected chi connectivity index (χ0v) is 15.5. The van der Waals surface area contributed by atoms with Gasteiger partial charge in [-0.1, -0.05) is 37.3 Å². The van der Waals surface area contributed by atoms with Gasteiger partial charge in [0.25, 0.3) is 0 Å². The van der Waals surface area contributed by atoms with Crippen molar-refractivity contribution in [3.63, 3.8) is 0 Å². The van der Waals surface area contributed by atoms with E-state index in [1.165, 1.54) is 17.4 Å². The van der Waals surface area contributed by atoms with Crippen molar-refractivity contribution in [2.45, 2.75) is 26.2 Å². The van der Waals surface area contributed by atoms with Gasteiger partial charge in [0, 0.05) is 23.6 Å². The molecule has 3 aromatic rings. The van der Waals surface area contributed by atoms with Crippen molar-refractivity contribution >= 4 is 28.0 Å². The standard InChI is InChI=1S/C20H17FN2O3S/c1-2-6-14(21)8-3-4-9-15-12-27-19(22-15)16-11-13-7-5-10-17(23-25)18(13)26-20(16)24/h3-7,10-12H,2,8-9H2,1H3/b4-3-,14-6+. The van der Waals surface area contributed by atoms with Crippen molar-refractivity contribution in [3.05, 3.63) is 74.7 Å². The maximum Gasteiger partial charge on any atom is 0.346 e. The van der Waals surface area contributed by atoms with Gasteiger partial charge in [0.15, 0.2) is 11.3 Å². The van der Waals surface area contributed by atoms with Crippen molar-refractivity contribution in [1.29, 1.82) is 0 Å². The Morgan fingerprint density at radius 2 is 2.22 bits per heavy atom. The molecule has 0 N–H and O–H groups in total. The molecule has 0 amide bonds. The Kier molecular flexibility index (Phi) is 6.03. The molecule has 0 fully saturated rings. The normalized spacial score (nSPS) is 12.1. The van der Waals surface area contributed by atoms with E-state index in [4.69, 9.17) is 4.42 Å². The van der Waals surface area contributed by atoms with Crippen LogP contribution in [0.15, 0.2) is 68.1 Å². The molecule has 0 atom stereocenters. The summed E-state index contributed by atoms with van der Waals surface area (Å²) >= 11 is 1.33. The van der Waals surface area contributed by atoms with Gasteiger partial charge in [0.2, 0.25) is 0 Å². The number of halogens is 1. The van der Waals surface area contributed by atoms with E-state index in [9.17, 15) is 14.1 Å². The van der Waals surface area contributed by atoms with E-state index in [-0.39, 0.29) is 23.5 Å². The summed E-state index contributed by atoms with van der Waals surface area (Å²) in [5.74, 6) is -0.148. The topological polar surface area (TPSA) is 72.5 Å². The maximum atomic E-state index is 13.3. The van der Waals surface area contributed by atoms with Crippen LogP contribution >= 0.6 is 11.3 Å². The molecule has 0 aliphatic rings. The maximum absolute atomic E-state index is 13.3. The number of hydrogen-bond acceptors (Lipinski definition) is 6. The molecule has 27 heavy (non-hydrogen) atoms. The Morgan fingerprint density at radius 3 is 3.00 bits per heavy atom. The first-order chi connectivity index (χ1) is 13.1. The molecule has 7 heteroatoms. The molecule has 0 aliphatic heterocycles. The van der Waals surface area contributed by atoms with Crippen molar-refractivity contribution in [3.8, 4) is 10.6 Å². The smallest absolute Gasteiger partial charge is 0.346 e. The van der Waals surface area contributed by atoms with Gasteiger partial charge in [0.1, 0.15) is 5.01 Å². The summed E-state index contributed by atoms with van der Waals surface area (Å²) in [6.07, 6.45) is 6.66. The van der Waals surface area contributed by atoms with Gasteiger partial charge in [-0.15, -0.1) is 16.2 Å². The molecule has 0 saturated heterocycles. The summed E-state index contributed by atoms with van der Waals surface area (Å²) in [4.78, 5) is 27.6. The molecule has 0 saturated carbocycles. The largest absolute Gasteiger partial charge is 0.420 e. The minimum Gasteiger partial charge on any atom is -0.420 e. The second-order valence-electron chi connectivity index (χ2n) is 5.82. The number of hydrogen-bond donors (Lipinski definition) is 0. The molecule has 2 heterocycles. The summed E-state index contributed by atoms with van der Waals surface area (Å²) in [5.41, 5.74) is 0.812. The lowest BCUT2D eigenvalue weighted by molar-refractivity contribution is 0.564. The SMILES string of the molecule is CC/C=C(/F)C/C=C\Cc1csc(-c2cc3cccc(N=O)c3oc2=O)n1. The minimum atomic E-state index is -0.568. The number of rotatable bonds is 7. The molecular formula is C20H17FN2O3S. The van der Waals surface area contributed by atoms with Crippen LogP contribution in [0, 0.1) is 4.91 Å². The molecule has 5 nitrogen and oxygen atoms in total. The molecule has 138 valence electrons. The van der Waals surface area contributed by atoms with Gasteiger partial charge in [-0.25, -0.2) is 14.2 Å². The third-order valence-corrected chi connectivity index (χ3v) is 4.78. The van der Waals surface area contributed by atoms with Crippen LogP contribution in [0.3, 0.4) is 0 Å². The highest BCUT2D eigenvalue weighted by molar-refractivity contribution is 7.13. The Hall–Kier alpha value is -2.93. The number of aromatic nitrogens is 1. The van der Waals surface area contributed by atoms with Crippen LogP contribution in [0.2, 0.25) is 0 Å². The summed E-state index contributed by atoms with van der Waals surface area (Å²) in [6, 6.07) is 6.56. The van der Waals surface area contributed by atoms with Gasteiger partial charge in [-0.2, -0.15) is 0 Å². The Morgan fingerprint density at radius 1 is 1.37 bits per heavy atom. The molecular weight excluding hydrogens is 367 g/mol. The van der Waals surface area contributed by atoms with Crippen molar-refractivity contribution in [2.24, 2.45) is 5.18 Å². The summed E-state index contributed by atoms with van der Waals surface area (Å²) < 4.78 is 18.6. The molecule has 0 radical (unpaired) electrons. The van der Waals surface area contributed by atoms with Crippen molar-refractivity contribution in [1.82, 2.24) is 4.98 Å². The number of nitrogens with zero attached hydrogens (tertiary/aromatic N) is 2. The predicted octanol–water partition coefficient (Wildman–Crippen LogP) is 6.07. The van der Waals surface area contributed by atoms with E-state index in [1.807, 2.05) is 18.4 Å². The third kappa shape index (κ3) is 4.43. The monoisotopic (exact) mass is 384 g/mol. The number of thiazole rings is 1. The van der Waals surface area contributed by atoms with Crippen LogP contribution in [-0.4, -0.2) is 4.98 Å². The fourth-order valence-corrected chi connectivity index (χ4v) is 3.42. The molecule has 3 rings (SSSR count). The second-order valence-corrected chi connectivity index (χ2v) is 6.68. The van der Waals surface area contributed by atoms with E-state index in [0.717, 1.165) is 5.69 Å². The summed E-state index contributed by atoms with van der Waals surface area (Å²) in [5, 5.41) is 5.88. The van der Waals surface area contributed by atoms with Crippen LogP contribution in [0.1, 0.15) is 25.5 Å². The molecule has 0 spiro atoms. The van der Waals surface area contributed by atoms with E-state index in [1.54, 1.807) is 30.4 Å². The Bertz CT molecular complexity index is 1080. The summed E-state index contributed by atoms with van der Waals surface area (Å²) in [6.45, 7) is 1.89. The van der Waals surface area contributed by atoms with Crippen LogP contribution in [0.25, 0.3) is 21.5 Å². The van der Waals surface area contributed by atoms with Crippen LogP contribution in [0.5, 0.6) is 0 Å². The zero-order chi connectivity index (χ0) is 19.2. The molecule has 0 unspecified atom stereocenters. The molecule has 0 aliphatic carbocycles. The number of allylic oxidation sites excluding steroid dienone is 4. The lowest BCUT2D eigenvalue weighted by atomic mass is 10.1. The first-order valence-electron chi connectivity index (χ1n) is 8.47. The molecule has 2 aromatic heterocycles. The number of nitroso groups, excluding NO2 is 1. The van der Waals surface area contributed by atoms with Crippen LogP contribution in [-0.2, 0) is 6.42 Å². The van der Waals surface area contributed by atoms with E-state index in [0.29, 0.717) is 28.8 Å². The third-order valence-electron chi connectivity index (χ3n) is 3.85. The van der Waals surface area contributed by atoms with E-state index < -0.39 is 5.63 Å². The van der Waals surface area contributed by atoms with Gasteiger partial charge >= 0.3 is 5.63 Å². The summed E-state index contributed by atoms with van der Waals surface area (Å²) in [7, 11) is 0. The molecule has 1 aromatic carbocycles. The fraction of sp³-hybridized carbons (Fsp3) is 0.200. The Labute approximate surface area is 158 Å². The first kappa shape index (κ1) is 18.8. The lowest BCUT2D eigenvalue weighted by Crippen LogP contribution is -2.02. The lowest BCUT2D eigenvalue weighted by Gasteiger charge is -2.00. The predicted molar refractivity (Wildman–Crippen MR) is 106 cm³/mol. The molecule has 0 bridgehead atoms. The number of fused-ring (bicyclic) bond motifs is 1. The highest BCUT2D eigenvalue weighted by Crippen LogP contribution is 2.29. The second kappa shape index (κ2) is 8.64. The average Bonchev–Trinajstić information content (AvgIpc) is 3.13. The zero-order valence-electron chi connectivity index (χ0n) is 14.6. The van der Waals surface area contributed by atoms with Gasteiger partial charge in [-0.05, 0) is 23.7 Å². The number of para-hydroxylation sites is 1. The van der Waals surface area contributed by atoms with Crippen molar-refractivity contribution < 1.29 is 8.81 Å². The van der Waals surface area contributed by atoms with Crippen LogP contribution < -0.4 is 5.63 Å². The fourth-order valence-electron chi connectivity index (χ4n) is 2.58. The number of benzene rings is 1. The average molecular weight is 384 g/mol. The minimum absolute atomic E-state index is 0.0884. The van der Waals surface area contributed by atoms with E-state index in [2.05, 4.69) is 10.2 Å². The van der Waals surface area contributed by atoms with E-state index >= 15 is 0 Å². The van der Waals surface area contributed by atoms with Gasteiger partial charge in [0.05, 0.1) is 17.1 Å². The highest BCUT2D eigenvalue weighted by Gasteiger charge is 2.13. The van der Waals surface area contributed by atoms with Gasteiger partial charge in [-0.3, -0.25) is 0 Å². The van der Waals surface area contributed by atoms with Gasteiger partial charge < -0.3 is 4.42 Å². The van der Waals surface area contributed by atoms with Crippen molar-refractivity contribution in [2.75, 3.05) is 0 Å². The first-order valence-corrected chi connectivity index (χ1v) is 9.35. The van der Waals surface area contributed by atoms with Crippen LogP contribution in [0.4, 0.5) is 10.1 Å². The highest BCUT2D eigenvalue weighted by atomic mass is 32.1.